The summed E-state index contributed by atoms with van der Waals surface area (Å²) in [5.41, 5.74) is -1.91. The van der Waals surface area contributed by atoms with E-state index in [0.29, 0.717) is 0 Å². The summed E-state index contributed by atoms with van der Waals surface area (Å²) < 4.78 is 46.4. The SMILES string of the molecule is CC1(C)OC[C@]2(O1)[C@H]1O[C@H]([C@H](Sc3ccccc3)[C@H]1O)C2(F)F. The third-order valence-electron chi connectivity index (χ3n) is 4.70. The topological polar surface area (TPSA) is 47.9 Å². The fraction of sp³-hybridized carbons (Fsp3) is 0.625. The van der Waals surface area contributed by atoms with Crippen molar-refractivity contribution in [1.29, 1.82) is 0 Å². The second-order valence-electron chi connectivity index (χ2n) is 6.67. The van der Waals surface area contributed by atoms with Crippen LogP contribution in [0.2, 0.25) is 0 Å². The lowest BCUT2D eigenvalue weighted by atomic mass is 9.79. The van der Waals surface area contributed by atoms with Crippen molar-refractivity contribution in [3.05, 3.63) is 30.3 Å². The van der Waals surface area contributed by atoms with Crippen LogP contribution >= 0.6 is 11.8 Å². The van der Waals surface area contributed by atoms with E-state index < -0.39 is 40.9 Å². The number of aliphatic hydroxyl groups excluding tert-OH is 1. The quantitative estimate of drug-likeness (QED) is 0.893. The number of halogens is 2. The molecule has 3 aliphatic rings. The summed E-state index contributed by atoms with van der Waals surface area (Å²) in [5.74, 6) is -4.34. The number of rotatable bonds is 2. The number of aliphatic hydroxyl groups is 1. The third-order valence-corrected chi connectivity index (χ3v) is 6.04. The summed E-state index contributed by atoms with van der Waals surface area (Å²) in [6, 6.07) is 9.18. The highest BCUT2D eigenvalue weighted by atomic mass is 32.2. The van der Waals surface area contributed by atoms with Crippen molar-refractivity contribution >= 4 is 11.8 Å². The Labute approximate surface area is 137 Å². The Balaban J connectivity index is 1.63. The van der Waals surface area contributed by atoms with Crippen LogP contribution in [0.25, 0.3) is 0 Å². The lowest BCUT2D eigenvalue weighted by molar-refractivity contribution is -0.240. The zero-order valence-corrected chi connectivity index (χ0v) is 13.6. The molecule has 3 aliphatic heterocycles. The summed E-state index contributed by atoms with van der Waals surface area (Å²) in [4.78, 5) is 0.821. The van der Waals surface area contributed by atoms with E-state index in [-0.39, 0.29) is 6.61 Å². The zero-order valence-electron chi connectivity index (χ0n) is 12.7. The molecule has 0 aromatic heterocycles. The molecular weight excluding hydrogens is 326 g/mol. The molecular formula is C16H18F2O4S. The molecule has 3 heterocycles. The van der Waals surface area contributed by atoms with Gasteiger partial charge in [-0.2, -0.15) is 0 Å². The molecule has 0 amide bonds. The number of benzene rings is 1. The van der Waals surface area contributed by atoms with Gasteiger partial charge < -0.3 is 19.3 Å². The van der Waals surface area contributed by atoms with E-state index in [9.17, 15) is 5.11 Å². The van der Waals surface area contributed by atoms with Crippen molar-refractivity contribution in [3.63, 3.8) is 0 Å². The minimum atomic E-state index is -3.23. The van der Waals surface area contributed by atoms with Gasteiger partial charge in [0.05, 0.1) is 18.0 Å². The van der Waals surface area contributed by atoms with Gasteiger partial charge in [0.1, 0.15) is 12.2 Å². The molecule has 1 aromatic rings. The Bertz CT molecular complexity index is 611. The predicted molar refractivity (Wildman–Crippen MR) is 79.5 cm³/mol. The monoisotopic (exact) mass is 344 g/mol. The first kappa shape index (κ1) is 15.8. The molecule has 0 aliphatic carbocycles. The van der Waals surface area contributed by atoms with Crippen LogP contribution in [0.4, 0.5) is 8.78 Å². The maximum atomic E-state index is 15.0. The molecule has 1 spiro atoms. The average molecular weight is 344 g/mol. The maximum absolute atomic E-state index is 15.0. The van der Waals surface area contributed by atoms with Gasteiger partial charge in [0, 0.05) is 4.90 Å². The number of thioether (sulfide) groups is 1. The van der Waals surface area contributed by atoms with E-state index in [1.54, 1.807) is 13.8 Å². The fourth-order valence-corrected chi connectivity index (χ4v) is 4.92. The van der Waals surface area contributed by atoms with Gasteiger partial charge in [0.2, 0.25) is 0 Å². The molecule has 0 unspecified atom stereocenters. The number of hydrogen-bond acceptors (Lipinski definition) is 5. The summed E-state index contributed by atoms with van der Waals surface area (Å²) >= 11 is 1.22. The lowest BCUT2D eigenvalue weighted by Crippen LogP contribution is -2.66. The first-order valence-electron chi connectivity index (χ1n) is 7.54. The third kappa shape index (κ3) is 2.10. The highest BCUT2D eigenvalue weighted by Gasteiger charge is 2.81. The van der Waals surface area contributed by atoms with Gasteiger partial charge in [-0.3, -0.25) is 0 Å². The molecule has 7 heteroatoms. The lowest BCUT2D eigenvalue weighted by Gasteiger charge is -2.41. The molecule has 4 rings (SSSR count). The minimum absolute atomic E-state index is 0.284. The fourth-order valence-electron chi connectivity index (χ4n) is 3.65. The molecule has 3 saturated heterocycles. The van der Waals surface area contributed by atoms with Crippen LogP contribution in [0.3, 0.4) is 0 Å². The van der Waals surface area contributed by atoms with Crippen LogP contribution in [-0.4, -0.2) is 52.6 Å². The molecule has 0 radical (unpaired) electrons. The van der Waals surface area contributed by atoms with E-state index in [0.717, 1.165) is 4.90 Å². The molecule has 4 nitrogen and oxygen atoms in total. The Hall–Kier alpha value is -0.730. The zero-order chi connectivity index (χ0) is 16.5. The van der Waals surface area contributed by atoms with Gasteiger partial charge in [0.15, 0.2) is 11.4 Å². The van der Waals surface area contributed by atoms with Crippen molar-refractivity contribution < 1.29 is 28.1 Å². The predicted octanol–water partition coefficient (Wildman–Crippen LogP) is 2.45. The number of alkyl halides is 2. The Kier molecular flexibility index (Phi) is 3.36. The molecule has 1 N–H and O–H groups in total. The van der Waals surface area contributed by atoms with Gasteiger partial charge in [-0.1, -0.05) is 18.2 Å². The highest BCUT2D eigenvalue weighted by molar-refractivity contribution is 8.00. The summed E-state index contributed by atoms with van der Waals surface area (Å²) in [5, 5.41) is 9.81. The van der Waals surface area contributed by atoms with Gasteiger partial charge in [-0.05, 0) is 26.0 Å². The van der Waals surface area contributed by atoms with Gasteiger partial charge >= 0.3 is 5.92 Å². The van der Waals surface area contributed by atoms with Crippen LogP contribution in [0.1, 0.15) is 13.8 Å². The van der Waals surface area contributed by atoms with Crippen molar-refractivity contribution in [2.24, 2.45) is 0 Å². The van der Waals surface area contributed by atoms with Gasteiger partial charge in [-0.25, -0.2) is 8.78 Å². The summed E-state index contributed by atoms with van der Waals surface area (Å²) in [6.07, 6.45) is -3.53. The van der Waals surface area contributed by atoms with Crippen molar-refractivity contribution in [1.82, 2.24) is 0 Å². The second-order valence-corrected chi connectivity index (χ2v) is 7.92. The Morgan fingerprint density at radius 1 is 1.17 bits per heavy atom. The number of ether oxygens (including phenoxy) is 3. The number of fused-ring (bicyclic) bond motifs is 3. The van der Waals surface area contributed by atoms with Crippen LogP contribution in [0, 0.1) is 0 Å². The van der Waals surface area contributed by atoms with E-state index in [1.807, 2.05) is 30.3 Å². The van der Waals surface area contributed by atoms with Crippen molar-refractivity contribution in [2.45, 2.75) is 59.6 Å². The normalized spacial score (nSPS) is 43.3. The van der Waals surface area contributed by atoms with Crippen molar-refractivity contribution in [3.8, 4) is 0 Å². The molecule has 23 heavy (non-hydrogen) atoms. The first-order chi connectivity index (χ1) is 10.8. The summed E-state index contributed by atoms with van der Waals surface area (Å²) in [6.45, 7) is 2.90. The van der Waals surface area contributed by atoms with Crippen molar-refractivity contribution in [2.75, 3.05) is 6.61 Å². The van der Waals surface area contributed by atoms with Gasteiger partial charge in [0.25, 0.3) is 0 Å². The van der Waals surface area contributed by atoms with E-state index in [1.165, 1.54) is 11.8 Å². The number of hydrogen-bond donors (Lipinski definition) is 1. The maximum Gasteiger partial charge on any atom is 0.308 e. The van der Waals surface area contributed by atoms with E-state index >= 15 is 8.78 Å². The van der Waals surface area contributed by atoms with E-state index in [4.69, 9.17) is 14.2 Å². The van der Waals surface area contributed by atoms with Crippen LogP contribution < -0.4 is 0 Å². The van der Waals surface area contributed by atoms with Crippen LogP contribution in [0.15, 0.2) is 35.2 Å². The average Bonchev–Trinajstić information content (AvgIpc) is 3.06. The first-order valence-corrected chi connectivity index (χ1v) is 8.42. The molecule has 0 saturated carbocycles. The van der Waals surface area contributed by atoms with Crippen LogP contribution in [0.5, 0.6) is 0 Å². The summed E-state index contributed by atoms with van der Waals surface area (Å²) in [7, 11) is 0. The smallest absolute Gasteiger partial charge is 0.308 e. The minimum Gasteiger partial charge on any atom is -0.389 e. The van der Waals surface area contributed by atoms with Gasteiger partial charge in [-0.15, -0.1) is 11.8 Å². The molecule has 126 valence electrons. The second kappa shape index (κ2) is 4.89. The standard InChI is InChI=1S/C16H18F2O4S/c1-14(2)20-8-15(22-14)12-10(19)11(13(21-12)16(15,17)18)23-9-6-4-3-5-7-9/h3-7,10-13,19H,8H2,1-2H3/t10-,11-,12+,13-,15+/m1/s1. The van der Waals surface area contributed by atoms with E-state index in [2.05, 4.69) is 0 Å². The molecule has 1 aromatic carbocycles. The van der Waals surface area contributed by atoms with Crippen LogP contribution in [-0.2, 0) is 14.2 Å². The molecule has 5 atom stereocenters. The largest absolute Gasteiger partial charge is 0.389 e. The highest BCUT2D eigenvalue weighted by Crippen LogP contribution is 2.60. The molecule has 2 bridgehead atoms. The Morgan fingerprint density at radius 3 is 2.48 bits per heavy atom. The Morgan fingerprint density at radius 2 is 1.87 bits per heavy atom. The molecule has 3 fully saturated rings.